The zero-order valence-electron chi connectivity index (χ0n) is 13.2. The third-order valence-electron chi connectivity index (χ3n) is 4.22. The number of nitrogens with one attached hydrogen (secondary N) is 1. The van der Waals surface area contributed by atoms with Crippen LogP contribution in [0, 0.1) is 6.92 Å². The molecule has 7 heteroatoms. The molecule has 2 aromatic rings. The lowest BCUT2D eigenvalue weighted by atomic mass is 9.64. The molecular weight excluding hydrogens is 332 g/mol. The molecule has 0 atom stereocenters. The van der Waals surface area contributed by atoms with Crippen molar-refractivity contribution >= 4 is 29.3 Å². The molecule has 1 fully saturated rings. The Morgan fingerprint density at radius 3 is 2.58 bits per heavy atom. The first-order chi connectivity index (χ1) is 11.5. The van der Waals surface area contributed by atoms with Crippen molar-refractivity contribution in [3.05, 3.63) is 46.7 Å². The largest absolute Gasteiger partial charge is 0.455 e. The van der Waals surface area contributed by atoms with Crippen LogP contribution in [0.15, 0.2) is 34.9 Å². The van der Waals surface area contributed by atoms with Gasteiger partial charge in [-0.2, -0.15) is 0 Å². The molecular formula is C17H17ClN2O4. The molecule has 126 valence electrons. The third kappa shape index (κ3) is 3.28. The van der Waals surface area contributed by atoms with Crippen molar-refractivity contribution in [2.24, 2.45) is 0 Å². The maximum atomic E-state index is 12.5. The lowest BCUT2D eigenvalue weighted by Crippen LogP contribution is -2.44. The average molecular weight is 349 g/mol. The van der Waals surface area contributed by atoms with Crippen LogP contribution in [-0.2, 0) is 19.7 Å². The van der Waals surface area contributed by atoms with Gasteiger partial charge in [-0.05, 0) is 37.5 Å². The minimum absolute atomic E-state index is 0.296. The highest BCUT2D eigenvalue weighted by Gasteiger charge is 2.47. The third-order valence-corrected chi connectivity index (χ3v) is 4.48. The second kappa shape index (κ2) is 6.65. The molecule has 1 N–H and O–H groups in total. The molecule has 1 amide bonds. The molecule has 0 saturated heterocycles. The van der Waals surface area contributed by atoms with Gasteiger partial charge in [0.15, 0.2) is 12.4 Å². The summed E-state index contributed by atoms with van der Waals surface area (Å²) >= 11 is 5.90. The highest BCUT2D eigenvalue weighted by Crippen LogP contribution is 2.45. The maximum absolute atomic E-state index is 12.5. The van der Waals surface area contributed by atoms with Gasteiger partial charge in [-0.3, -0.25) is 9.59 Å². The van der Waals surface area contributed by atoms with E-state index in [0.29, 0.717) is 29.4 Å². The summed E-state index contributed by atoms with van der Waals surface area (Å²) in [5.74, 6) is 0.0350. The Morgan fingerprint density at radius 1 is 1.33 bits per heavy atom. The van der Waals surface area contributed by atoms with Gasteiger partial charge in [-0.15, -0.1) is 0 Å². The molecule has 24 heavy (non-hydrogen) atoms. The van der Waals surface area contributed by atoms with Crippen LogP contribution in [0.2, 0.25) is 5.02 Å². The highest BCUT2D eigenvalue weighted by atomic mass is 35.5. The Labute approximate surface area is 144 Å². The van der Waals surface area contributed by atoms with E-state index in [9.17, 15) is 9.59 Å². The molecule has 0 bridgehead atoms. The SMILES string of the molecule is Cc1cc(NC(=O)COC(=O)C2(c3ccc(Cl)cc3)CCC2)no1. The number of halogens is 1. The first-order valence-corrected chi connectivity index (χ1v) is 8.04. The number of amides is 1. The smallest absolute Gasteiger partial charge is 0.317 e. The Morgan fingerprint density at radius 2 is 2.04 bits per heavy atom. The first kappa shape index (κ1) is 16.5. The van der Waals surface area contributed by atoms with Gasteiger partial charge in [0.05, 0.1) is 5.41 Å². The zero-order chi connectivity index (χ0) is 17.2. The van der Waals surface area contributed by atoms with Crippen molar-refractivity contribution in [1.29, 1.82) is 0 Å². The zero-order valence-corrected chi connectivity index (χ0v) is 13.9. The fourth-order valence-corrected chi connectivity index (χ4v) is 2.91. The van der Waals surface area contributed by atoms with E-state index in [0.717, 1.165) is 12.0 Å². The minimum atomic E-state index is -0.671. The Kier molecular flexibility index (Phi) is 4.57. The van der Waals surface area contributed by atoms with Crippen molar-refractivity contribution < 1.29 is 18.8 Å². The number of rotatable bonds is 5. The number of ether oxygens (including phenoxy) is 1. The Balaban J connectivity index is 1.61. The van der Waals surface area contributed by atoms with Crippen LogP contribution in [-0.4, -0.2) is 23.6 Å². The second-order valence-corrected chi connectivity index (χ2v) is 6.33. The quantitative estimate of drug-likeness (QED) is 0.839. The summed E-state index contributed by atoms with van der Waals surface area (Å²) in [5.41, 5.74) is 0.200. The van der Waals surface area contributed by atoms with Gasteiger partial charge in [0.1, 0.15) is 5.76 Å². The number of benzene rings is 1. The summed E-state index contributed by atoms with van der Waals surface area (Å²) in [6.45, 7) is 1.36. The van der Waals surface area contributed by atoms with Gasteiger partial charge in [0.2, 0.25) is 0 Å². The molecule has 1 saturated carbocycles. The number of carbonyl (C=O) groups excluding carboxylic acids is 2. The lowest BCUT2D eigenvalue weighted by Gasteiger charge is -2.39. The predicted molar refractivity (Wildman–Crippen MR) is 87.8 cm³/mol. The van der Waals surface area contributed by atoms with E-state index < -0.39 is 11.3 Å². The number of carbonyl (C=O) groups is 2. The topological polar surface area (TPSA) is 81.4 Å². The normalized spacial score (nSPS) is 15.4. The van der Waals surface area contributed by atoms with Crippen molar-refractivity contribution in [1.82, 2.24) is 5.16 Å². The summed E-state index contributed by atoms with van der Waals surface area (Å²) in [5, 5.41) is 6.78. The van der Waals surface area contributed by atoms with Crippen LogP contribution in [0.1, 0.15) is 30.6 Å². The molecule has 0 unspecified atom stereocenters. The monoisotopic (exact) mass is 348 g/mol. The van der Waals surface area contributed by atoms with Gasteiger partial charge in [-0.1, -0.05) is 35.3 Å². The van der Waals surface area contributed by atoms with E-state index in [1.165, 1.54) is 0 Å². The average Bonchev–Trinajstić information content (AvgIpc) is 2.91. The molecule has 0 radical (unpaired) electrons. The van der Waals surface area contributed by atoms with Crippen LogP contribution in [0.25, 0.3) is 0 Å². The molecule has 1 aromatic carbocycles. The predicted octanol–water partition coefficient (Wildman–Crippen LogP) is 3.24. The summed E-state index contributed by atoms with van der Waals surface area (Å²) in [7, 11) is 0. The molecule has 0 aliphatic heterocycles. The molecule has 1 heterocycles. The standard InChI is InChI=1S/C17H17ClN2O4/c1-11-9-14(20-24-11)19-15(21)10-23-16(22)17(7-2-8-17)12-3-5-13(18)6-4-12/h3-6,9H,2,7-8,10H2,1H3,(H,19,20,21). The molecule has 1 aliphatic rings. The summed E-state index contributed by atoms with van der Waals surface area (Å²) in [4.78, 5) is 24.4. The van der Waals surface area contributed by atoms with Gasteiger partial charge < -0.3 is 14.6 Å². The van der Waals surface area contributed by atoms with Crippen molar-refractivity contribution in [3.8, 4) is 0 Å². The van der Waals surface area contributed by atoms with Crippen LogP contribution in [0.4, 0.5) is 5.82 Å². The van der Waals surface area contributed by atoms with Crippen LogP contribution in [0.5, 0.6) is 0 Å². The number of hydrogen-bond donors (Lipinski definition) is 1. The van der Waals surface area contributed by atoms with E-state index in [1.54, 1.807) is 25.1 Å². The fraction of sp³-hybridized carbons (Fsp3) is 0.353. The molecule has 0 spiro atoms. The molecule has 1 aliphatic carbocycles. The number of nitrogens with zero attached hydrogens (tertiary/aromatic N) is 1. The Hall–Kier alpha value is -2.34. The number of esters is 1. The van der Waals surface area contributed by atoms with Gasteiger partial charge in [-0.25, -0.2) is 0 Å². The van der Waals surface area contributed by atoms with Gasteiger partial charge in [0, 0.05) is 11.1 Å². The highest BCUT2D eigenvalue weighted by molar-refractivity contribution is 6.30. The van der Waals surface area contributed by atoms with Crippen molar-refractivity contribution in [3.63, 3.8) is 0 Å². The number of aromatic nitrogens is 1. The summed E-state index contributed by atoms with van der Waals surface area (Å²) in [6.07, 6.45) is 2.36. The summed E-state index contributed by atoms with van der Waals surface area (Å²) in [6, 6.07) is 8.76. The van der Waals surface area contributed by atoms with Crippen LogP contribution >= 0.6 is 11.6 Å². The number of hydrogen-bond acceptors (Lipinski definition) is 5. The maximum Gasteiger partial charge on any atom is 0.317 e. The van der Waals surface area contributed by atoms with Crippen molar-refractivity contribution in [2.45, 2.75) is 31.6 Å². The lowest BCUT2D eigenvalue weighted by molar-refractivity contribution is -0.156. The fourth-order valence-electron chi connectivity index (χ4n) is 2.78. The molecule has 1 aromatic heterocycles. The van der Waals surface area contributed by atoms with E-state index in [2.05, 4.69) is 10.5 Å². The Bertz CT molecular complexity index is 750. The summed E-state index contributed by atoms with van der Waals surface area (Å²) < 4.78 is 10.1. The second-order valence-electron chi connectivity index (χ2n) is 5.89. The molecule has 6 nitrogen and oxygen atoms in total. The van der Waals surface area contributed by atoms with E-state index >= 15 is 0 Å². The molecule has 3 rings (SSSR count). The minimum Gasteiger partial charge on any atom is -0.455 e. The first-order valence-electron chi connectivity index (χ1n) is 7.66. The van der Waals surface area contributed by atoms with Gasteiger partial charge >= 0.3 is 5.97 Å². The van der Waals surface area contributed by atoms with Gasteiger partial charge in [0.25, 0.3) is 5.91 Å². The number of anilines is 1. The van der Waals surface area contributed by atoms with E-state index in [-0.39, 0.29) is 12.6 Å². The van der Waals surface area contributed by atoms with E-state index in [1.807, 2.05) is 12.1 Å². The van der Waals surface area contributed by atoms with E-state index in [4.69, 9.17) is 20.9 Å². The van der Waals surface area contributed by atoms with Crippen LogP contribution in [0.3, 0.4) is 0 Å². The van der Waals surface area contributed by atoms with Crippen molar-refractivity contribution in [2.75, 3.05) is 11.9 Å². The van der Waals surface area contributed by atoms with Crippen LogP contribution < -0.4 is 5.32 Å². The number of aryl methyl sites for hydroxylation is 1.